The number of aliphatic hydroxyl groups is 1. The van der Waals surface area contributed by atoms with Crippen LogP contribution in [0.1, 0.15) is 24.5 Å². The Labute approximate surface area is 186 Å². The molecule has 0 aliphatic carbocycles. The Bertz CT molecular complexity index is 1030. The van der Waals surface area contributed by atoms with Crippen LogP contribution in [0, 0.1) is 5.82 Å². The molecule has 3 rings (SSSR count). The third-order valence-electron chi connectivity index (χ3n) is 5.19. The van der Waals surface area contributed by atoms with E-state index >= 15 is 0 Å². The number of rotatable bonds is 8. The fourth-order valence-electron chi connectivity index (χ4n) is 3.51. The highest BCUT2D eigenvalue weighted by Gasteiger charge is 2.23. The van der Waals surface area contributed by atoms with Crippen LogP contribution in [0.3, 0.4) is 0 Å². The Hall–Kier alpha value is -3.23. The summed E-state index contributed by atoms with van der Waals surface area (Å²) in [5.41, 5.74) is 0.760. The first kappa shape index (κ1) is 23.4. The van der Waals surface area contributed by atoms with Gasteiger partial charge in [0, 0.05) is 25.7 Å². The van der Waals surface area contributed by atoms with Crippen LogP contribution < -0.4 is 4.74 Å². The van der Waals surface area contributed by atoms with E-state index in [1.807, 2.05) is 0 Å². The Morgan fingerprint density at radius 2 is 1.94 bits per heavy atom. The van der Waals surface area contributed by atoms with E-state index in [9.17, 15) is 19.4 Å². The Morgan fingerprint density at radius 3 is 2.59 bits per heavy atom. The molecule has 8 heteroatoms. The molecule has 170 valence electrons. The SMILES string of the molecule is CCC(=Nc1cccc(OC)c1)C(C(=O)O)=C(O)c1cc(CN2CCOCC2)ccc1F. The lowest BCUT2D eigenvalue weighted by Gasteiger charge is -2.26. The number of carbonyl (C=O) groups is 1. The standard InChI is InChI=1S/C24H27FN2O5/c1-3-21(26-17-5-4-6-18(14-17)31-2)22(24(29)30)23(28)19-13-16(7-8-20(19)25)15-27-9-11-32-12-10-27/h4-8,13-14,28H,3,9-12,15H2,1-2H3,(H,29,30). The van der Waals surface area contributed by atoms with Crippen molar-refractivity contribution in [2.24, 2.45) is 4.99 Å². The largest absolute Gasteiger partial charge is 0.506 e. The van der Waals surface area contributed by atoms with Gasteiger partial charge in [0.2, 0.25) is 0 Å². The molecule has 0 radical (unpaired) electrons. The molecule has 2 aromatic rings. The number of aliphatic carboxylic acids is 1. The molecule has 2 aromatic carbocycles. The second-order valence-electron chi connectivity index (χ2n) is 7.35. The van der Waals surface area contributed by atoms with E-state index in [1.165, 1.54) is 19.2 Å². The minimum Gasteiger partial charge on any atom is -0.506 e. The second kappa shape index (κ2) is 10.9. The maximum absolute atomic E-state index is 14.6. The second-order valence-corrected chi connectivity index (χ2v) is 7.35. The first-order chi connectivity index (χ1) is 15.4. The highest BCUT2D eigenvalue weighted by molar-refractivity contribution is 6.24. The molecular formula is C24H27FN2O5. The van der Waals surface area contributed by atoms with Crippen molar-refractivity contribution < 1.29 is 28.9 Å². The third kappa shape index (κ3) is 5.72. The molecule has 32 heavy (non-hydrogen) atoms. The van der Waals surface area contributed by atoms with E-state index in [0.717, 1.165) is 18.7 Å². The zero-order chi connectivity index (χ0) is 23.1. The summed E-state index contributed by atoms with van der Waals surface area (Å²) in [5.74, 6) is -2.18. The summed E-state index contributed by atoms with van der Waals surface area (Å²) >= 11 is 0. The van der Waals surface area contributed by atoms with Gasteiger partial charge in [0.1, 0.15) is 22.9 Å². The first-order valence-corrected chi connectivity index (χ1v) is 10.4. The van der Waals surface area contributed by atoms with Crippen LogP contribution in [0.5, 0.6) is 5.75 Å². The van der Waals surface area contributed by atoms with E-state index in [-0.39, 0.29) is 17.7 Å². The maximum atomic E-state index is 14.6. The number of aliphatic imine (C=N–C) groups is 1. The smallest absolute Gasteiger partial charge is 0.341 e. The van der Waals surface area contributed by atoms with Crippen LogP contribution in [0.4, 0.5) is 10.1 Å². The van der Waals surface area contributed by atoms with Crippen molar-refractivity contribution in [3.63, 3.8) is 0 Å². The fourth-order valence-corrected chi connectivity index (χ4v) is 3.51. The van der Waals surface area contributed by atoms with Crippen LogP contribution in [-0.2, 0) is 16.1 Å². The van der Waals surface area contributed by atoms with Gasteiger partial charge in [0.15, 0.2) is 0 Å². The number of hydrogen-bond acceptors (Lipinski definition) is 6. The summed E-state index contributed by atoms with van der Waals surface area (Å²) in [4.78, 5) is 18.6. The number of benzene rings is 2. The Morgan fingerprint density at radius 1 is 1.19 bits per heavy atom. The number of halogens is 1. The Balaban J connectivity index is 2.01. The molecule has 1 aliphatic heterocycles. The van der Waals surface area contributed by atoms with Crippen molar-refractivity contribution in [3.8, 4) is 5.75 Å². The lowest BCUT2D eigenvalue weighted by Crippen LogP contribution is -2.35. The molecule has 1 heterocycles. The van der Waals surface area contributed by atoms with Crippen LogP contribution in [0.2, 0.25) is 0 Å². The lowest BCUT2D eigenvalue weighted by molar-refractivity contribution is -0.132. The van der Waals surface area contributed by atoms with Gasteiger partial charge in [-0.15, -0.1) is 0 Å². The van der Waals surface area contributed by atoms with Crippen LogP contribution in [0.15, 0.2) is 53.0 Å². The summed E-state index contributed by atoms with van der Waals surface area (Å²) in [6.45, 7) is 5.03. The molecule has 0 atom stereocenters. The topological polar surface area (TPSA) is 91.6 Å². The number of carboxylic acids is 1. The van der Waals surface area contributed by atoms with Gasteiger partial charge in [-0.2, -0.15) is 0 Å². The van der Waals surface area contributed by atoms with Crippen molar-refractivity contribution in [1.29, 1.82) is 0 Å². The highest BCUT2D eigenvalue weighted by atomic mass is 19.1. The van der Waals surface area contributed by atoms with Gasteiger partial charge in [-0.1, -0.05) is 19.1 Å². The quantitative estimate of drug-likeness (QED) is 0.362. The number of carboxylic acid groups (broad SMARTS) is 1. The summed E-state index contributed by atoms with van der Waals surface area (Å²) < 4.78 is 25.2. The van der Waals surface area contributed by atoms with E-state index in [1.54, 1.807) is 37.3 Å². The van der Waals surface area contributed by atoms with Crippen molar-refractivity contribution in [2.45, 2.75) is 19.9 Å². The van der Waals surface area contributed by atoms with E-state index in [4.69, 9.17) is 9.47 Å². The Kier molecular flexibility index (Phi) is 7.97. The molecule has 0 bridgehead atoms. The lowest BCUT2D eigenvalue weighted by atomic mass is 10.00. The van der Waals surface area contributed by atoms with Gasteiger partial charge >= 0.3 is 5.97 Å². The molecule has 0 amide bonds. The monoisotopic (exact) mass is 442 g/mol. The maximum Gasteiger partial charge on any atom is 0.341 e. The number of ether oxygens (including phenoxy) is 2. The zero-order valence-corrected chi connectivity index (χ0v) is 18.2. The van der Waals surface area contributed by atoms with Gasteiger partial charge in [0.05, 0.1) is 37.3 Å². The predicted molar refractivity (Wildman–Crippen MR) is 120 cm³/mol. The first-order valence-electron chi connectivity index (χ1n) is 10.4. The zero-order valence-electron chi connectivity index (χ0n) is 18.2. The number of aliphatic hydroxyl groups excluding tert-OH is 1. The average molecular weight is 442 g/mol. The number of nitrogens with zero attached hydrogens (tertiary/aromatic N) is 2. The molecule has 1 saturated heterocycles. The molecular weight excluding hydrogens is 415 g/mol. The average Bonchev–Trinajstić information content (AvgIpc) is 2.80. The van der Waals surface area contributed by atoms with Crippen LogP contribution in [0.25, 0.3) is 5.76 Å². The highest BCUT2D eigenvalue weighted by Crippen LogP contribution is 2.26. The van der Waals surface area contributed by atoms with Crippen LogP contribution >= 0.6 is 0 Å². The van der Waals surface area contributed by atoms with Crippen molar-refractivity contribution in [1.82, 2.24) is 4.90 Å². The van der Waals surface area contributed by atoms with E-state index in [2.05, 4.69) is 9.89 Å². The van der Waals surface area contributed by atoms with Gasteiger partial charge in [-0.25, -0.2) is 9.18 Å². The van der Waals surface area contributed by atoms with Gasteiger partial charge in [0.25, 0.3) is 0 Å². The molecule has 1 aliphatic rings. The molecule has 0 unspecified atom stereocenters. The summed E-state index contributed by atoms with van der Waals surface area (Å²) in [5, 5.41) is 20.7. The van der Waals surface area contributed by atoms with E-state index in [0.29, 0.717) is 31.2 Å². The van der Waals surface area contributed by atoms with Crippen molar-refractivity contribution >= 4 is 23.1 Å². The number of methoxy groups -OCH3 is 1. The van der Waals surface area contributed by atoms with Gasteiger partial charge in [-0.3, -0.25) is 9.89 Å². The molecule has 1 fully saturated rings. The summed E-state index contributed by atoms with van der Waals surface area (Å²) in [6, 6.07) is 11.2. The third-order valence-corrected chi connectivity index (χ3v) is 5.19. The summed E-state index contributed by atoms with van der Waals surface area (Å²) in [6.07, 6.45) is 0.220. The van der Waals surface area contributed by atoms with Gasteiger partial charge in [-0.05, 0) is 36.2 Å². The van der Waals surface area contributed by atoms with Crippen molar-refractivity contribution in [3.05, 3.63) is 65.0 Å². The van der Waals surface area contributed by atoms with Gasteiger partial charge < -0.3 is 19.7 Å². The number of hydrogen-bond donors (Lipinski definition) is 2. The molecule has 0 saturated carbocycles. The normalized spacial score (nSPS) is 15.9. The molecule has 7 nitrogen and oxygen atoms in total. The van der Waals surface area contributed by atoms with Crippen molar-refractivity contribution in [2.75, 3.05) is 33.4 Å². The molecule has 0 aromatic heterocycles. The molecule has 2 N–H and O–H groups in total. The van der Waals surface area contributed by atoms with Crippen LogP contribution in [-0.4, -0.2) is 60.2 Å². The van der Waals surface area contributed by atoms with E-state index < -0.39 is 23.1 Å². The minimum atomic E-state index is -1.39. The summed E-state index contributed by atoms with van der Waals surface area (Å²) in [7, 11) is 1.52. The molecule has 0 spiro atoms. The minimum absolute atomic E-state index is 0.126. The predicted octanol–water partition coefficient (Wildman–Crippen LogP) is 4.20. The number of morpholine rings is 1. The fraction of sp³-hybridized carbons (Fsp3) is 0.333.